The fourth-order valence-corrected chi connectivity index (χ4v) is 2.45. The molecule has 0 saturated carbocycles. The third-order valence-corrected chi connectivity index (χ3v) is 3.50. The average molecular weight is 282 g/mol. The van der Waals surface area contributed by atoms with Crippen molar-refractivity contribution in [2.75, 3.05) is 0 Å². The topological polar surface area (TPSA) is 63.8 Å². The van der Waals surface area contributed by atoms with Gasteiger partial charge in [-0.15, -0.1) is 0 Å². The van der Waals surface area contributed by atoms with Crippen LogP contribution in [0.1, 0.15) is 37.1 Å². The van der Waals surface area contributed by atoms with Crippen LogP contribution in [-0.4, -0.2) is 24.6 Å². The van der Waals surface area contributed by atoms with Crippen molar-refractivity contribution in [1.82, 2.24) is 19.5 Å². The average Bonchev–Trinajstić information content (AvgIpc) is 2.92. The number of fused-ring (bicyclic) bond motifs is 1. The monoisotopic (exact) mass is 282 g/mol. The molecule has 0 spiro atoms. The fraction of sp³-hybridized carbons (Fsp3) is 0.312. The molecule has 5 heteroatoms. The van der Waals surface area contributed by atoms with E-state index >= 15 is 0 Å². The van der Waals surface area contributed by atoms with Gasteiger partial charge in [-0.2, -0.15) is 0 Å². The van der Waals surface area contributed by atoms with Crippen LogP contribution in [0.2, 0.25) is 0 Å². The van der Waals surface area contributed by atoms with Crippen LogP contribution in [0.15, 0.2) is 43.0 Å². The summed E-state index contributed by atoms with van der Waals surface area (Å²) in [6, 6.07) is 10.2. The number of rotatable bonds is 5. The van der Waals surface area contributed by atoms with Gasteiger partial charge in [0.1, 0.15) is 17.5 Å². The normalized spacial score (nSPS) is 12.7. The molecule has 0 amide bonds. The van der Waals surface area contributed by atoms with E-state index in [1.165, 1.54) is 11.9 Å². The first-order valence-corrected chi connectivity index (χ1v) is 7.17. The molecule has 0 saturated heterocycles. The summed E-state index contributed by atoms with van der Waals surface area (Å²) < 4.78 is 1.98. The molecule has 1 aromatic carbocycles. The molecule has 0 fully saturated rings. The van der Waals surface area contributed by atoms with E-state index in [1.807, 2.05) is 29.7 Å². The van der Waals surface area contributed by atoms with Gasteiger partial charge in [0.2, 0.25) is 0 Å². The SMILES string of the molecule is CCCC(O)c1ncnc2c1ncn2Cc1ccccc1. The van der Waals surface area contributed by atoms with Crippen LogP contribution in [0.3, 0.4) is 0 Å². The van der Waals surface area contributed by atoms with E-state index in [2.05, 4.69) is 27.1 Å². The van der Waals surface area contributed by atoms with Crippen molar-refractivity contribution < 1.29 is 5.11 Å². The van der Waals surface area contributed by atoms with Crippen LogP contribution in [0, 0.1) is 0 Å². The molecule has 21 heavy (non-hydrogen) atoms. The van der Waals surface area contributed by atoms with E-state index in [1.54, 1.807) is 6.33 Å². The third kappa shape index (κ3) is 2.78. The molecule has 108 valence electrons. The van der Waals surface area contributed by atoms with Crippen LogP contribution < -0.4 is 0 Å². The molecule has 1 N–H and O–H groups in total. The molecule has 0 aliphatic rings. The number of aromatic nitrogens is 4. The number of imidazole rings is 1. The highest BCUT2D eigenvalue weighted by Crippen LogP contribution is 2.23. The fourth-order valence-electron chi connectivity index (χ4n) is 2.45. The zero-order valence-electron chi connectivity index (χ0n) is 12.0. The quantitative estimate of drug-likeness (QED) is 0.781. The molecule has 2 aromatic heterocycles. The molecule has 0 aliphatic heterocycles. The van der Waals surface area contributed by atoms with Gasteiger partial charge >= 0.3 is 0 Å². The molecule has 0 radical (unpaired) electrons. The lowest BCUT2D eigenvalue weighted by Gasteiger charge is -2.09. The summed E-state index contributed by atoms with van der Waals surface area (Å²) in [6.45, 7) is 2.74. The zero-order valence-corrected chi connectivity index (χ0v) is 12.0. The van der Waals surface area contributed by atoms with Gasteiger partial charge in [-0.3, -0.25) is 0 Å². The number of nitrogens with zero attached hydrogens (tertiary/aromatic N) is 4. The van der Waals surface area contributed by atoms with Crippen molar-refractivity contribution in [3.05, 3.63) is 54.2 Å². The summed E-state index contributed by atoms with van der Waals surface area (Å²) in [4.78, 5) is 12.9. The lowest BCUT2D eigenvalue weighted by molar-refractivity contribution is 0.163. The summed E-state index contributed by atoms with van der Waals surface area (Å²) in [5, 5.41) is 10.2. The third-order valence-electron chi connectivity index (χ3n) is 3.50. The number of hydrogen-bond donors (Lipinski definition) is 1. The largest absolute Gasteiger partial charge is 0.387 e. The highest BCUT2D eigenvalue weighted by atomic mass is 16.3. The van der Waals surface area contributed by atoms with E-state index in [9.17, 15) is 5.11 Å². The molecule has 1 atom stereocenters. The molecule has 3 rings (SSSR count). The first-order chi connectivity index (χ1) is 10.3. The summed E-state index contributed by atoms with van der Waals surface area (Å²) >= 11 is 0. The van der Waals surface area contributed by atoms with Crippen LogP contribution >= 0.6 is 0 Å². The Hall–Kier alpha value is -2.27. The molecular weight excluding hydrogens is 264 g/mol. The van der Waals surface area contributed by atoms with Gasteiger partial charge in [-0.05, 0) is 12.0 Å². The Balaban J connectivity index is 1.97. The Morgan fingerprint density at radius 1 is 1.14 bits per heavy atom. The minimum absolute atomic E-state index is 0.583. The molecule has 5 nitrogen and oxygen atoms in total. The van der Waals surface area contributed by atoms with Gasteiger partial charge in [-0.1, -0.05) is 43.7 Å². The Morgan fingerprint density at radius 2 is 1.95 bits per heavy atom. The number of aliphatic hydroxyl groups is 1. The number of aliphatic hydroxyl groups excluding tert-OH is 1. The highest BCUT2D eigenvalue weighted by molar-refractivity contribution is 5.73. The summed E-state index contributed by atoms with van der Waals surface area (Å²) in [5.74, 6) is 0. The van der Waals surface area contributed by atoms with E-state index in [0.717, 1.165) is 12.1 Å². The van der Waals surface area contributed by atoms with Crippen molar-refractivity contribution in [2.45, 2.75) is 32.4 Å². The van der Waals surface area contributed by atoms with Gasteiger partial charge in [-0.25, -0.2) is 15.0 Å². The number of hydrogen-bond acceptors (Lipinski definition) is 4. The molecular formula is C16H18N4O. The van der Waals surface area contributed by atoms with Crippen LogP contribution in [0.25, 0.3) is 11.2 Å². The predicted molar refractivity (Wildman–Crippen MR) is 80.7 cm³/mol. The lowest BCUT2D eigenvalue weighted by Crippen LogP contribution is -2.04. The Kier molecular flexibility index (Phi) is 3.92. The van der Waals surface area contributed by atoms with Crippen molar-refractivity contribution >= 4 is 11.2 Å². The van der Waals surface area contributed by atoms with Crippen molar-refractivity contribution in [2.24, 2.45) is 0 Å². The highest BCUT2D eigenvalue weighted by Gasteiger charge is 2.16. The Morgan fingerprint density at radius 3 is 2.71 bits per heavy atom. The van der Waals surface area contributed by atoms with Gasteiger partial charge in [0.05, 0.1) is 19.0 Å². The Labute approximate surface area is 123 Å². The maximum atomic E-state index is 10.2. The molecule has 3 aromatic rings. The van der Waals surface area contributed by atoms with Crippen molar-refractivity contribution in [3.63, 3.8) is 0 Å². The summed E-state index contributed by atoms with van der Waals surface area (Å²) in [7, 11) is 0. The lowest BCUT2D eigenvalue weighted by atomic mass is 10.1. The summed E-state index contributed by atoms with van der Waals surface area (Å²) in [6.07, 6.45) is 4.25. The maximum Gasteiger partial charge on any atom is 0.163 e. The van der Waals surface area contributed by atoms with Crippen LogP contribution in [0.4, 0.5) is 0 Å². The minimum atomic E-state index is -0.583. The predicted octanol–water partition coefficient (Wildman–Crippen LogP) is 2.71. The second-order valence-electron chi connectivity index (χ2n) is 5.09. The summed E-state index contributed by atoms with van der Waals surface area (Å²) in [5.41, 5.74) is 3.26. The van der Waals surface area contributed by atoms with E-state index < -0.39 is 6.10 Å². The maximum absolute atomic E-state index is 10.2. The van der Waals surface area contributed by atoms with Gasteiger partial charge in [0.15, 0.2) is 5.65 Å². The second-order valence-corrected chi connectivity index (χ2v) is 5.09. The molecule has 1 unspecified atom stereocenters. The second kappa shape index (κ2) is 6.01. The van der Waals surface area contributed by atoms with E-state index in [0.29, 0.717) is 24.2 Å². The molecule has 0 aliphatic carbocycles. The van der Waals surface area contributed by atoms with E-state index in [4.69, 9.17) is 0 Å². The zero-order chi connectivity index (χ0) is 14.7. The minimum Gasteiger partial charge on any atom is -0.387 e. The Bertz CT molecular complexity index is 723. The van der Waals surface area contributed by atoms with Crippen LogP contribution in [-0.2, 0) is 6.54 Å². The smallest absolute Gasteiger partial charge is 0.163 e. The van der Waals surface area contributed by atoms with Crippen molar-refractivity contribution in [3.8, 4) is 0 Å². The molecule has 2 heterocycles. The number of benzene rings is 1. The van der Waals surface area contributed by atoms with Crippen molar-refractivity contribution in [1.29, 1.82) is 0 Å². The van der Waals surface area contributed by atoms with Gasteiger partial charge < -0.3 is 9.67 Å². The van der Waals surface area contributed by atoms with Gasteiger partial charge in [0.25, 0.3) is 0 Å². The standard InChI is InChI=1S/C16H18N4O/c1-2-6-13(21)14-15-16(18-10-17-14)20(11-19-15)9-12-7-4-3-5-8-12/h3-5,7-8,10-11,13,21H,2,6,9H2,1H3. The van der Waals surface area contributed by atoms with Gasteiger partial charge in [0, 0.05) is 0 Å². The first kappa shape index (κ1) is 13.7. The van der Waals surface area contributed by atoms with E-state index in [-0.39, 0.29) is 0 Å². The molecule has 0 bridgehead atoms. The first-order valence-electron chi connectivity index (χ1n) is 7.17. The van der Waals surface area contributed by atoms with Crippen LogP contribution in [0.5, 0.6) is 0 Å².